The minimum atomic E-state index is -0.940. The fourth-order valence-electron chi connectivity index (χ4n) is 3.22. The summed E-state index contributed by atoms with van der Waals surface area (Å²) in [7, 11) is 0. The van der Waals surface area contributed by atoms with Crippen LogP contribution in [0.25, 0.3) is 0 Å². The number of rotatable bonds is 5. The van der Waals surface area contributed by atoms with Crippen LogP contribution in [-0.2, 0) is 4.74 Å². The summed E-state index contributed by atoms with van der Waals surface area (Å²) in [5.74, 6) is -2.32. The normalized spacial score (nSPS) is 17.3. The van der Waals surface area contributed by atoms with E-state index in [1.54, 1.807) is 48.5 Å². The molecule has 176 valence electrons. The van der Waals surface area contributed by atoms with Gasteiger partial charge in [0.2, 0.25) is 5.90 Å². The number of hydrogen-bond acceptors (Lipinski definition) is 8. The lowest BCUT2D eigenvalue weighted by Crippen LogP contribution is -2.28. The average Bonchev–Trinajstić information content (AvgIpc) is 3.17. The van der Waals surface area contributed by atoms with Gasteiger partial charge in [-0.05, 0) is 42.0 Å². The highest BCUT2D eigenvalue weighted by Crippen LogP contribution is 2.28. The number of nitrogens with one attached hydrogen (secondary N) is 3. The summed E-state index contributed by atoms with van der Waals surface area (Å²) >= 11 is 5.97. The maximum Gasteiger partial charge on any atom is 0.275 e. The first-order chi connectivity index (χ1) is 16.8. The van der Waals surface area contributed by atoms with E-state index in [1.807, 2.05) is 0 Å². The predicted molar refractivity (Wildman–Crippen MR) is 129 cm³/mol. The van der Waals surface area contributed by atoms with Crippen LogP contribution in [0.15, 0.2) is 83.0 Å². The molecule has 4 rings (SSSR count). The number of phenols is 2. The van der Waals surface area contributed by atoms with Gasteiger partial charge in [-0.25, -0.2) is 10.9 Å². The number of hydrogen-bond donors (Lipinski definition) is 5. The SMILES string of the molecule is N=C1O[C@@H](c2ccc(Cl)cc2)C(=N\NC(=O)c2ccccc2O)/C1=N\NC(=O)c1ccccc1O. The van der Waals surface area contributed by atoms with E-state index >= 15 is 0 Å². The minimum absolute atomic E-state index is 0.0137. The first-order valence-corrected chi connectivity index (χ1v) is 10.6. The van der Waals surface area contributed by atoms with Gasteiger partial charge in [0.15, 0.2) is 11.8 Å². The molecule has 2 amide bonds. The zero-order chi connectivity index (χ0) is 24.9. The van der Waals surface area contributed by atoms with Crippen molar-refractivity contribution >= 4 is 40.7 Å². The quantitative estimate of drug-likeness (QED) is 0.346. The smallest absolute Gasteiger partial charge is 0.275 e. The van der Waals surface area contributed by atoms with E-state index in [0.29, 0.717) is 10.6 Å². The summed E-state index contributed by atoms with van der Waals surface area (Å²) in [5, 5.41) is 36.6. The molecule has 11 heteroatoms. The van der Waals surface area contributed by atoms with Crippen molar-refractivity contribution < 1.29 is 24.5 Å². The molecular formula is C24H18ClN5O5. The second kappa shape index (κ2) is 10.1. The monoisotopic (exact) mass is 491 g/mol. The first kappa shape index (κ1) is 23.5. The summed E-state index contributed by atoms with van der Waals surface area (Å²) in [6, 6.07) is 18.4. The number of amides is 2. The molecule has 0 aromatic heterocycles. The van der Waals surface area contributed by atoms with Crippen molar-refractivity contribution in [3.63, 3.8) is 0 Å². The number of phenolic OH excluding ortho intramolecular Hbond substituents is 2. The van der Waals surface area contributed by atoms with Gasteiger partial charge >= 0.3 is 0 Å². The topological polar surface area (TPSA) is 156 Å². The Labute approximate surface area is 204 Å². The molecule has 3 aromatic carbocycles. The lowest BCUT2D eigenvalue weighted by Gasteiger charge is -2.11. The number of ether oxygens (including phenoxy) is 1. The molecule has 1 aliphatic rings. The number of nitrogens with zero attached hydrogens (tertiary/aromatic N) is 2. The molecule has 1 aliphatic heterocycles. The highest BCUT2D eigenvalue weighted by molar-refractivity contribution is 6.69. The third-order valence-corrected chi connectivity index (χ3v) is 5.21. The van der Waals surface area contributed by atoms with Gasteiger partial charge in [-0.15, -0.1) is 0 Å². The van der Waals surface area contributed by atoms with Crippen molar-refractivity contribution in [2.75, 3.05) is 0 Å². The molecule has 0 saturated carbocycles. The van der Waals surface area contributed by atoms with E-state index in [1.165, 1.54) is 24.3 Å². The van der Waals surface area contributed by atoms with Crippen LogP contribution in [-0.4, -0.2) is 39.3 Å². The summed E-state index contributed by atoms with van der Waals surface area (Å²) in [6.07, 6.45) is -0.940. The second-order valence-electron chi connectivity index (χ2n) is 7.25. The largest absolute Gasteiger partial charge is 0.507 e. The summed E-state index contributed by atoms with van der Waals surface area (Å²) < 4.78 is 5.61. The van der Waals surface area contributed by atoms with Gasteiger partial charge in [-0.2, -0.15) is 10.2 Å². The Bertz CT molecular complexity index is 1370. The molecule has 0 radical (unpaired) electrons. The molecule has 1 fully saturated rings. The highest BCUT2D eigenvalue weighted by Gasteiger charge is 2.37. The third kappa shape index (κ3) is 5.12. The fourth-order valence-corrected chi connectivity index (χ4v) is 3.35. The van der Waals surface area contributed by atoms with Crippen LogP contribution in [0.2, 0.25) is 5.02 Å². The zero-order valence-electron chi connectivity index (χ0n) is 17.9. The minimum Gasteiger partial charge on any atom is -0.507 e. The Balaban J connectivity index is 1.66. The van der Waals surface area contributed by atoms with Crippen LogP contribution in [0, 0.1) is 5.41 Å². The molecule has 35 heavy (non-hydrogen) atoms. The summed E-state index contributed by atoms with van der Waals surface area (Å²) in [6.45, 7) is 0. The fraction of sp³-hybridized carbons (Fsp3) is 0.0417. The number of hydrazone groups is 2. The van der Waals surface area contributed by atoms with Crippen LogP contribution < -0.4 is 10.9 Å². The maximum atomic E-state index is 12.6. The van der Waals surface area contributed by atoms with E-state index in [2.05, 4.69) is 21.1 Å². The van der Waals surface area contributed by atoms with Gasteiger partial charge in [-0.3, -0.25) is 15.0 Å². The Morgan fingerprint density at radius 2 is 1.34 bits per heavy atom. The molecular weight excluding hydrogens is 474 g/mol. The Morgan fingerprint density at radius 1 is 0.829 bits per heavy atom. The Morgan fingerprint density at radius 3 is 1.89 bits per heavy atom. The van der Waals surface area contributed by atoms with E-state index < -0.39 is 23.8 Å². The molecule has 0 unspecified atom stereocenters. The van der Waals surface area contributed by atoms with Gasteiger partial charge in [0, 0.05) is 5.02 Å². The van der Waals surface area contributed by atoms with Crippen molar-refractivity contribution in [2.45, 2.75) is 6.10 Å². The maximum absolute atomic E-state index is 12.6. The summed E-state index contributed by atoms with van der Waals surface area (Å²) in [5.41, 5.74) is 4.99. The van der Waals surface area contributed by atoms with E-state index in [4.69, 9.17) is 21.7 Å². The van der Waals surface area contributed by atoms with Crippen molar-refractivity contribution in [3.8, 4) is 11.5 Å². The molecule has 0 bridgehead atoms. The Hall–Kier alpha value is -4.70. The van der Waals surface area contributed by atoms with Crippen molar-refractivity contribution in [1.82, 2.24) is 10.9 Å². The summed E-state index contributed by atoms with van der Waals surface area (Å²) in [4.78, 5) is 25.0. The molecule has 1 saturated heterocycles. The molecule has 0 aliphatic carbocycles. The molecule has 0 spiro atoms. The number of aromatic hydroxyl groups is 2. The predicted octanol–water partition coefficient (Wildman–Crippen LogP) is 3.37. The van der Waals surface area contributed by atoms with Gasteiger partial charge in [0.1, 0.15) is 17.2 Å². The van der Waals surface area contributed by atoms with E-state index in [0.717, 1.165) is 0 Å². The van der Waals surface area contributed by atoms with Crippen molar-refractivity contribution in [2.24, 2.45) is 10.2 Å². The molecule has 3 aromatic rings. The lowest BCUT2D eigenvalue weighted by atomic mass is 10.0. The molecule has 5 N–H and O–H groups in total. The second-order valence-corrected chi connectivity index (χ2v) is 7.69. The van der Waals surface area contributed by atoms with E-state index in [9.17, 15) is 19.8 Å². The number of halogens is 1. The molecule has 10 nitrogen and oxygen atoms in total. The molecule has 1 heterocycles. The van der Waals surface area contributed by atoms with Crippen LogP contribution in [0.5, 0.6) is 11.5 Å². The van der Waals surface area contributed by atoms with Crippen molar-refractivity contribution in [3.05, 3.63) is 94.5 Å². The lowest BCUT2D eigenvalue weighted by molar-refractivity contribution is 0.0943. The zero-order valence-corrected chi connectivity index (χ0v) is 18.7. The van der Waals surface area contributed by atoms with Gasteiger partial charge in [-0.1, -0.05) is 48.0 Å². The van der Waals surface area contributed by atoms with Gasteiger partial charge in [0.25, 0.3) is 11.8 Å². The van der Waals surface area contributed by atoms with Crippen LogP contribution in [0.3, 0.4) is 0 Å². The first-order valence-electron chi connectivity index (χ1n) is 10.2. The third-order valence-electron chi connectivity index (χ3n) is 4.96. The number of para-hydroxylation sites is 2. The van der Waals surface area contributed by atoms with Gasteiger partial charge in [0.05, 0.1) is 11.1 Å². The number of carbonyl (C=O) groups is 2. The van der Waals surface area contributed by atoms with Crippen LogP contribution in [0.4, 0.5) is 0 Å². The number of benzene rings is 3. The molecule has 1 atom stereocenters. The van der Waals surface area contributed by atoms with Gasteiger partial charge < -0.3 is 14.9 Å². The average molecular weight is 492 g/mol. The van der Waals surface area contributed by atoms with Crippen molar-refractivity contribution in [1.29, 1.82) is 5.41 Å². The van der Waals surface area contributed by atoms with Crippen LogP contribution >= 0.6 is 11.6 Å². The number of carbonyl (C=O) groups excluding carboxylic acids is 2. The standard InChI is InChI=1S/C24H18ClN5O5/c25-14-11-9-13(10-12-14)21-19(27-29-23(33)15-5-1-3-7-17(15)31)20(22(26)35-21)28-30-24(34)16-6-2-4-8-18(16)32/h1-12,21,26,31-32H,(H,29,33)(H,30,34)/b26-22?,27-19-,28-20+/t21-/m0/s1. The van der Waals surface area contributed by atoms with Crippen LogP contribution in [0.1, 0.15) is 32.4 Å². The highest BCUT2D eigenvalue weighted by atomic mass is 35.5. The van der Waals surface area contributed by atoms with E-state index in [-0.39, 0.29) is 34.0 Å². The Kier molecular flexibility index (Phi) is 6.74.